The third kappa shape index (κ3) is 5.97. The molecule has 39 heavy (non-hydrogen) atoms. The molecule has 0 spiro atoms. The number of ether oxygens (including phenoxy) is 4. The van der Waals surface area contributed by atoms with Crippen LogP contribution in [0, 0.1) is 6.92 Å². The van der Waals surface area contributed by atoms with Gasteiger partial charge in [-0.2, -0.15) is 0 Å². The molecule has 0 unspecified atom stereocenters. The number of hydrogen-bond acceptors (Lipinski definition) is 7. The molecule has 0 bridgehead atoms. The van der Waals surface area contributed by atoms with E-state index in [1.165, 1.54) is 0 Å². The van der Waals surface area contributed by atoms with Gasteiger partial charge in [-0.25, -0.2) is 9.78 Å². The van der Waals surface area contributed by atoms with Crippen LogP contribution >= 0.6 is 11.3 Å². The summed E-state index contributed by atoms with van der Waals surface area (Å²) in [5.74, 6) is 1.75. The van der Waals surface area contributed by atoms with E-state index < -0.39 is 5.97 Å². The van der Waals surface area contributed by atoms with Crippen LogP contribution in [0.3, 0.4) is 0 Å². The Morgan fingerprint density at radius 1 is 0.795 bits per heavy atom. The fourth-order valence-electron chi connectivity index (χ4n) is 4.22. The molecule has 0 saturated carbocycles. The molecule has 0 saturated heterocycles. The minimum atomic E-state index is -1.02. The van der Waals surface area contributed by atoms with E-state index >= 15 is 0 Å². The van der Waals surface area contributed by atoms with Gasteiger partial charge in [0, 0.05) is 5.56 Å². The number of aryl methyl sites for hydroxylation is 1. The molecule has 8 heteroatoms. The molecule has 1 aromatic heterocycles. The molecule has 4 aromatic carbocycles. The average molecular weight is 542 g/mol. The molecule has 198 valence electrons. The molecule has 1 N–H and O–H groups in total. The topological polar surface area (TPSA) is 87.1 Å². The Balaban J connectivity index is 1.45. The second-order valence-corrected chi connectivity index (χ2v) is 9.92. The summed E-state index contributed by atoms with van der Waals surface area (Å²) in [4.78, 5) is 16.8. The van der Waals surface area contributed by atoms with E-state index in [-0.39, 0.29) is 13.2 Å². The third-order valence-corrected chi connectivity index (χ3v) is 7.28. The summed E-state index contributed by atoms with van der Waals surface area (Å²) in [6.07, 6.45) is 0. The van der Waals surface area contributed by atoms with E-state index in [9.17, 15) is 4.79 Å². The van der Waals surface area contributed by atoms with Crippen molar-refractivity contribution in [3.63, 3.8) is 0 Å². The van der Waals surface area contributed by atoms with E-state index in [1.54, 1.807) is 37.7 Å². The molecule has 1 heterocycles. The van der Waals surface area contributed by atoms with Gasteiger partial charge in [0.05, 0.1) is 24.8 Å². The van der Waals surface area contributed by atoms with Crippen LogP contribution in [0.1, 0.15) is 10.6 Å². The summed E-state index contributed by atoms with van der Waals surface area (Å²) in [6, 6.07) is 25.6. The Hall–Kier alpha value is -4.56. The molecule has 0 fully saturated rings. The van der Waals surface area contributed by atoms with Crippen LogP contribution in [0.4, 0.5) is 0 Å². The number of hydrogen-bond donors (Lipinski definition) is 1. The minimum absolute atomic E-state index is 0.285. The zero-order valence-corrected chi connectivity index (χ0v) is 22.6. The van der Waals surface area contributed by atoms with Gasteiger partial charge in [-0.05, 0) is 89.5 Å². The molecule has 0 atom stereocenters. The van der Waals surface area contributed by atoms with Gasteiger partial charge in [-0.1, -0.05) is 18.2 Å². The van der Waals surface area contributed by atoms with Gasteiger partial charge >= 0.3 is 5.97 Å². The molecule has 0 radical (unpaired) electrons. The predicted octanol–water partition coefficient (Wildman–Crippen LogP) is 7.00. The SMILES string of the molecule is COc1ccc(-c2nc(COc3ccc(OCC(=O)O)c(C)c3)sc2-c2ccc3cc(OC)ccc3c2)cc1. The second-order valence-electron chi connectivity index (χ2n) is 8.84. The van der Waals surface area contributed by atoms with Crippen molar-refractivity contribution in [1.82, 2.24) is 4.98 Å². The smallest absolute Gasteiger partial charge is 0.341 e. The monoisotopic (exact) mass is 541 g/mol. The quantitative estimate of drug-likeness (QED) is 0.204. The average Bonchev–Trinajstić information content (AvgIpc) is 3.39. The zero-order chi connectivity index (χ0) is 27.4. The van der Waals surface area contributed by atoms with E-state index in [2.05, 4.69) is 24.3 Å². The van der Waals surface area contributed by atoms with E-state index in [0.717, 1.165) is 54.5 Å². The first-order valence-electron chi connectivity index (χ1n) is 12.2. The summed E-state index contributed by atoms with van der Waals surface area (Å²) >= 11 is 1.59. The van der Waals surface area contributed by atoms with Crippen LogP contribution < -0.4 is 18.9 Å². The second kappa shape index (κ2) is 11.4. The van der Waals surface area contributed by atoms with Crippen molar-refractivity contribution in [2.45, 2.75) is 13.5 Å². The van der Waals surface area contributed by atoms with Crippen molar-refractivity contribution in [2.75, 3.05) is 20.8 Å². The number of methoxy groups -OCH3 is 2. The van der Waals surface area contributed by atoms with Gasteiger partial charge in [0.25, 0.3) is 0 Å². The zero-order valence-electron chi connectivity index (χ0n) is 21.8. The molecule has 0 amide bonds. The highest BCUT2D eigenvalue weighted by atomic mass is 32.1. The van der Waals surface area contributed by atoms with E-state index in [4.69, 9.17) is 29.0 Å². The lowest BCUT2D eigenvalue weighted by atomic mass is 10.0. The highest BCUT2D eigenvalue weighted by Gasteiger charge is 2.17. The molecule has 5 rings (SSSR count). The van der Waals surface area contributed by atoms with Gasteiger partial charge < -0.3 is 24.1 Å². The number of aromatic nitrogens is 1. The number of benzene rings is 4. The highest BCUT2D eigenvalue weighted by Crippen LogP contribution is 2.39. The summed E-state index contributed by atoms with van der Waals surface area (Å²) in [6.45, 7) is 1.75. The maximum Gasteiger partial charge on any atom is 0.341 e. The van der Waals surface area contributed by atoms with Crippen molar-refractivity contribution < 1.29 is 28.8 Å². The third-order valence-electron chi connectivity index (χ3n) is 6.20. The van der Waals surface area contributed by atoms with Crippen LogP contribution in [0.25, 0.3) is 32.5 Å². The Morgan fingerprint density at radius 3 is 2.18 bits per heavy atom. The maximum atomic E-state index is 10.8. The first kappa shape index (κ1) is 26.1. The maximum absolute atomic E-state index is 10.8. The lowest BCUT2D eigenvalue weighted by molar-refractivity contribution is -0.139. The number of thiazole rings is 1. The normalized spacial score (nSPS) is 10.8. The number of carboxylic acid groups (broad SMARTS) is 1. The summed E-state index contributed by atoms with van der Waals surface area (Å²) in [5, 5.41) is 11.9. The van der Waals surface area contributed by atoms with Crippen LogP contribution in [0.5, 0.6) is 23.0 Å². The van der Waals surface area contributed by atoms with Crippen molar-refractivity contribution in [1.29, 1.82) is 0 Å². The molecular weight excluding hydrogens is 514 g/mol. The van der Waals surface area contributed by atoms with Crippen molar-refractivity contribution >= 4 is 28.1 Å². The van der Waals surface area contributed by atoms with Crippen molar-refractivity contribution in [3.05, 3.63) is 89.4 Å². The highest BCUT2D eigenvalue weighted by molar-refractivity contribution is 7.15. The minimum Gasteiger partial charge on any atom is -0.497 e. The lowest BCUT2D eigenvalue weighted by Gasteiger charge is -2.09. The van der Waals surface area contributed by atoms with Gasteiger partial charge in [0.15, 0.2) is 6.61 Å². The van der Waals surface area contributed by atoms with Crippen molar-refractivity contribution in [3.8, 4) is 44.7 Å². The van der Waals surface area contributed by atoms with E-state index in [0.29, 0.717) is 11.5 Å². The molecule has 7 nitrogen and oxygen atoms in total. The number of aliphatic carboxylic acids is 1. The van der Waals surface area contributed by atoms with Crippen LogP contribution in [-0.2, 0) is 11.4 Å². The fourth-order valence-corrected chi connectivity index (χ4v) is 5.21. The number of nitrogens with zero attached hydrogens (tertiary/aromatic N) is 1. The molecule has 0 aliphatic rings. The largest absolute Gasteiger partial charge is 0.497 e. The molecule has 0 aliphatic heterocycles. The lowest BCUT2D eigenvalue weighted by Crippen LogP contribution is -2.10. The number of carboxylic acids is 1. The number of rotatable bonds is 10. The van der Waals surface area contributed by atoms with Crippen LogP contribution in [0.2, 0.25) is 0 Å². The molecule has 0 aliphatic carbocycles. The van der Waals surface area contributed by atoms with Crippen molar-refractivity contribution in [2.24, 2.45) is 0 Å². The first-order chi connectivity index (χ1) is 18.9. The summed E-state index contributed by atoms with van der Waals surface area (Å²) in [5.41, 5.74) is 3.72. The van der Waals surface area contributed by atoms with E-state index in [1.807, 2.05) is 49.4 Å². The Morgan fingerprint density at radius 2 is 1.46 bits per heavy atom. The molecular formula is C31H27NO6S. The van der Waals surface area contributed by atoms with Crippen LogP contribution in [-0.4, -0.2) is 36.9 Å². The first-order valence-corrected chi connectivity index (χ1v) is 13.1. The Kier molecular flexibility index (Phi) is 7.65. The Bertz CT molecular complexity index is 1630. The molecule has 5 aromatic rings. The van der Waals surface area contributed by atoms with Crippen LogP contribution in [0.15, 0.2) is 78.9 Å². The summed E-state index contributed by atoms with van der Waals surface area (Å²) < 4.78 is 22.1. The fraction of sp³-hybridized carbons (Fsp3) is 0.161. The standard InChI is InChI=1S/C31H27NO6S/c1-19-14-26(12-13-27(19)38-18-29(33)34)37-17-28-32-30(20-6-9-24(35-2)10-7-20)31(39-28)23-5-4-22-16-25(36-3)11-8-21(22)15-23/h4-16H,17-18H2,1-3H3,(H,33,34). The Labute approximate surface area is 230 Å². The number of fused-ring (bicyclic) bond motifs is 1. The van der Waals surface area contributed by atoms with Gasteiger partial charge in [-0.3, -0.25) is 0 Å². The summed E-state index contributed by atoms with van der Waals surface area (Å²) in [7, 11) is 3.32. The predicted molar refractivity (Wildman–Crippen MR) is 152 cm³/mol. The van der Waals surface area contributed by atoms with Gasteiger partial charge in [-0.15, -0.1) is 11.3 Å². The van der Waals surface area contributed by atoms with Gasteiger partial charge in [0.2, 0.25) is 0 Å². The van der Waals surface area contributed by atoms with Gasteiger partial charge in [0.1, 0.15) is 34.6 Å². The number of carbonyl (C=O) groups is 1.